The maximum atomic E-state index is 4.12. The average Bonchev–Trinajstić information content (AvgIpc) is 3.15. The molecule has 1 aliphatic rings. The summed E-state index contributed by atoms with van der Waals surface area (Å²) in [4.78, 5) is 0. The molecule has 6 aromatic rings. The summed E-state index contributed by atoms with van der Waals surface area (Å²) in [5, 5.41) is 4.12. The molecule has 47 heavy (non-hydrogen) atoms. The highest BCUT2D eigenvalue weighted by Gasteiger charge is 2.30. The molecule has 5 aromatic carbocycles. The van der Waals surface area contributed by atoms with E-state index in [1.165, 1.54) is 76.7 Å². The van der Waals surface area contributed by atoms with Crippen LogP contribution >= 0.6 is 0 Å². The molecule has 0 amide bonds. The minimum atomic E-state index is 0.0716. The predicted octanol–water partition coefficient (Wildman–Crippen LogP) is 11.0. The zero-order valence-corrected chi connectivity index (χ0v) is 27.4. The van der Waals surface area contributed by atoms with Gasteiger partial charge >= 0.3 is 0 Å². The van der Waals surface area contributed by atoms with Gasteiger partial charge in [0, 0.05) is 36.6 Å². The van der Waals surface area contributed by atoms with Crippen LogP contribution in [0.1, 0.15) is 102 Å². The Morgan fingerprint density at radius 3 is 1.45 bits per heavy atom. The lowest BCUT2D eigenvalue weighted by molar-refractivity contribution is -0.713. The van der Waals surface area contributed by atoms with Crippen molar-refractivity contribution in [2.75, 3.05) is 5.32 Å². The van der Waals surface area contributed by atoms with Crippen LogP contribution < -0.4 is 9.88 Å². The summed E-state index contributed by atoms with van der Waals surface area (Å²) in [6.45, 7) is 2.28. The Morgan fingerprint density at radius 2 is 0.957 bits per heavy atom. The minimum Gasteiger partial charge on any atom is -0.327 e. The normalized spacial score (nSPS) is 14.3. The average molecular weight is 614 g/mol. The van der Waals surface area contributed by atoms with Gasteiger partial charge in [0.25, 0.3) is 0 Å². The molecular weight excluding hydrogens is 569 g/mol. The Labute approximate surface area is 280 Å². The van der Waals surface area contributed by atoms with Crippen LogP contribution in [-0.4, -0.2) is 0 Å². The first kappa shape index (κ1) is 30.7. The molecule has 1 N–H and O–H groups in total. The van der Waals surface area contributed by atoms with Crippen LogP contribution in [0.25, 0.3) is 0 Å². The third-order valence-electron chi connectivity index (χ3n) is 9.98. The predicted molar refractivity (Wildman–Crippen MR) is 195 cm³/mol. The first-order valence-electron chi connectivity index (χ1n) is 17.4. The fraction of sp³-hybridized carbons (Fsp3) is 0.222. The lowest BCUT2D eigenvalue weighted by Crippen LogP contribution is -2.41. The van der Waals surface area contributed by atoms with Crippen molar-refractivity contribution < 1.29 is 4.57 Å². The Bertz CT molecular complexity index is 1750. The van der Waals surface area contributed by atoms with Crippen LogP contribution in [0.2, 0.25) is 0 Å². The maximum Gasteiger partial charge on any atom is 0.228 e. The largest absolute Gasteiger partial charge is 0.327 e. The van der Waals surface area contributed by atoms with Gasteiger partial charge < -0.3 is 5.32 Å². The van der Waals surface area contributed by atoms with Crippen molar-refractivity contribution in [2.45, 2.75) is 62.9 Å². The van der Waals surface area contributed by atoms with Crippen molar-refractivity contribution in [1.82, 2.24) is 0 Å². The highest BCUT2D eigenvalue weighted by atomic mass is 15.1. The van der Waals surface area contributed by atoms with Crippen molar-refractivity contribution in [1.29, 1.82) is 0 Å². The van der Waals surface area contributed by atoms with E-state index in [-0.39, 0.29) is 18.0 Å². The molecule has 0 saturated heterocycles. The summed E-state index contributed by atoms with van der Waals surface area (Å²) in [6, 6.07) is 55.8. The monoisotopic (exact) mass is 613 g/mol. The van der Waals surface area contributed by atoms with E-state index < -0.39 is 0 Å². The Kier molecular flexibility index (Phi) is 9.56. The molecular formula is C45H45N2+. The van der Waals surface area contributed by atoms with Gasteiger partial charge in [-0.3, -0.25) is 0 Å². The SMILES string of the molecule is CC(Nc1c(C2CCCCC2)cc(C(c2ccccc2)c2ccccc2)cc1C(c1ccccc1)c1ccccc1)[n+]1ccccc1. The van der Waals surface area contributed by atoms with Crippen LogP contribution in [-0.2, 0) is 0 Å². The molecule has 234 valence electrons. The summed E-state index contributed by atoms with van der Waals surface area (Å²) in [6.07, 6.45) is 10.8. The summed E-state index contributed by atoms with van der Waals surface area (Å²) < 4.78 is 2.28. The Balaban J connectivity index is 1.52. The standard InChI is InChI=1S/C45H45N2/c1-34(47-30-18-7-19-31-47)46-45-41(35-20-8-2-9-21-35)32-40(43(36-22-10-3-11-23-36)37-24-12-4-13-25-37)33-42(45)44(38-26-14-5-15-27-38)39-28-16-6-17-29-39/h3-7,10-19,22-35,43-44,46H,2,8-9,20-21H2,1H3/q+1. The van der Waals surface area contributed by atoms with E-state index in [2.05, 4.69) is 181 Å². The van der Waals surface area contributed by atoms with E-state index in [4.69, 9.17) is 0 Å². The Hall–Kier alpha value is -4.95. The summed E-state index contributed by atoms with van der Waals surface area (Å²) in [7, 11) is 0. The quantitative estimate of drug-likeness (QED) is 0.120. The molecule has 7 rings (SSSR count). The highest BCUT2D eigenvalue weighted by Crippen LogP contribution is 2.46. The van der Waals surface area contributed by atoms with Crippen LogP contribution in [0.4, 0.5) is 5.69 Å². The molecule has 0 radical (unpaired) electrons. The van der Waals surface area contributed by atoms with Crippen LogP contribution in [0.5, 0.6) is 0 Å². The molecule has 0 spiro atoms. The van der Waals surface area contributed by atoms with Gasteiger partial charge in [-0.05, 0) is 57.7 Å². The summed E-state index contributed by atoms with van der Waals surface area (Å²) >= 11 is 0. The lowest BCUT2D eigenvalue weighted by atomic mass is 9.75. The molecule has 1 aromatic heterocycles. The molecule has 1 fully saturated rings. The topological polar surface area (TPSA) is 15.9 Å². The molecule has 2 heteroatoms. The van der Waals surface area contributed by atoms with Crippen LogP contribution in [0.3, 0.4) is 0 Å². The number of rotatable bonds is 10. The second kappa shape index (κ2) is 14.6. The van der Waals surface area contributed by atoms with Crippen molar-refractivity contribution in [2.24, 2.45) is 0 Å². The lowest BCUT2D eigenvalue weighted by Gasteiger charge is -2.32. The van der Waals surface area contributed by atoms with Crippen molar-refractivity contribution >= 4 is 5.69 Å². The second-order valence-corrected chi connectivity index (χ2v) is 13.1. The summed E-state index contributed by atoms with van der Waals surface area (Å²) in [5.74, 6) is 0.709. The van der Waals surface area contributed by atoms with E-state index in [9.17, 15) is 0 Å². The molecule has 2 nitrogen and oxygen atoms in total. The van der Waals surface area contributed by atoms with Crippen molar-refractivity contribution in [3.63, 3.8) is 0 Å². The number of hydrogen-bond acceptors (Lipinski definition) is 1. The molecule has 1 saturated carbocycles. The van der Waals surface area contributed by atoms with Gasteiger partial charge in [-0.25, -0.2) is 0 Å². The van der Waals surface area contributed by atoms with E-state index in [1.807, 2.05) is 0 Å². The Morgan fingerprint density at radius 1 is 0.511 bits per heavy atom. The number of pyridine rings is 1. The fourth-order valence-electron chi connectivity index (χ4n) is 7.67. The van der Waals surface area contributed by atoms with E-state index in [1.54, 1.807) is 0 Å². The van der Waals surface area contributed by atoms with E-state index in [0.29, 0.717) is 5.92 Å². The third kappa shape index (κ3) is 6.93. The fourth-order valence-corrected chi connectivity index (χ4v) is 7.67. The number of hydrogen-bond donors (Lipinski definition) is 1. The third-order valence-corrected chi connectivity index (χ3v) is 9.98. The zero-order valence-electron chi connectivity index (χ0n) is 27.4. The molecule has 1 aliphatic carbocycles. The van der Waals surface area contributed by atoms with Gasteiger partial charge in [-0.2, -0.15) is 4.57 Å². The number of benzene rings is 5. The van der Waals surface area contributed by atoms with Gasteiger partial charge in [-0.15, -0.1) is 0 Å². The molecule has 1 atom stereocenters. The first-order valence-corrected chi connectivity index (χ1v) is 17.4. The summed E-state index contributed by atoms with van der Waals surface area (Å²) in [5.41, 5.74) is 10.7. The van der Waals surface area contributed by atoms with Gasteiger partial charge in [-0.1, -0.05) is 159 Å². The van der Waals surface area contributed by atoms with Gasteiger partial charge in [0.05, 0.1) is 0 Å². The number of aromatic nitrogens is 1. The smallest absolute Gasteiger partial charge is 0.228 e. The van der Waals surface area contributed by atoms with E-state index >= 15 is 0 Å². The van der Waals surface area contributed by atoms with E-state index in [0.717, 1.165) is 0 Å². The van der Waals surface area contributed by atoms with Crippen LogP contribution in [0, 0.1) is 0 Å². The molecule has 1 heterocycles. The molecule has 0 aliphatic heterocycles. The number of nitrogens with one attached hydrogen (secondary N) is 1. The molecule has 1 unspecified atom stereocenters. The number of nitrogens with zero attached hydrogens (tertiary/aromatic N) is 1. The van der Waals surface area contributed by atoms with Crippen molar-refractivity contribution in [3.05, 3.63) is 203 Å². The first-order chi connectivity index (χ1) is 23.3. The number of anilines is 1. The molecule has 0 bridgehead atoms. The van der Waals surface area contributed by atoms with Gasteiger partial charge in [0.1, 0.15) is 0 Å². The van der Waals surface area contributed by atoms with Gasteiger partial charge in [0.2, 0.25) is 6.17 Å². The maximum absolute atomic E-state index is 4.12. The second-order valence-electron chi connectivity index (χ2n) is 13.1. The van der Waals surface area contributed by atoms with Gasteiger partial charge in [0.15, 0.2) is 12.4 Å². The minimum absolute atomic E-state index is 0.0716. The van der Waals surface area contributed by atoms with Crippen molar-refractivity contribution in [3.8, 4) is 0 Å². The zero-order chi connectivity index (χ0) is 31.8. The van der Waals surface area contributed by atoms with Crippen LogP contribution in [0.15, 0.2) is 164 Å². The highest BCUT2D eigenvalue weighted by molar-refractivity contribution is 5.67.